The number of hydrogen-bond donors (Lipinski definition) is 1. The molecule has 8 heteroatoms. The summed E-state index contributed by atoms with van der Waals surface area (Å²) in [5.41, 5.74) is 2.79. The number of thioether (sulfide) groups is 2. The van der Waals surface area contributed by atoms with Crippen LogP contribution in [0.15, 0.2) is 34.2 Å². The van der Waals surface area contributed by atoms with Gasteiger partial charge in [-0.25, -0.2) is 4.79 Å². The first-order valence-electron chi connectivity index (χ1n) is 10.8. The van der Waals surface area contributed by atoms with Crippen LogP contribution in [-0.2, 0) is 20.4 Å². The maximum atomic E-state index is 13.1. The summed E-state index contributed by atoms with van der Waals surface area (Å²) in [5.74, 6) is -1.44. The summed E-state index contributed by atoms with van der Waals surface area (Å²) in [6.45, 7) is 12.9. The number of benzene rings is 1. The molecule has 1 N–H and O–H groups in total. The van der Waals surface area contributed by atoms with Gasteiger partial charge >= 0.3 is 5.97 Å². The van der Waals surface area contributed by atoms with Crippen molar-refractivity contribution in [3.05, 3.63) is 45.3 Å². The predicted molar refractivity (Wildman–Crippen MR) is 129 cm³/mol. The lowest BCUT2D eigenvalue weighted by atomic mass is 9.92. The summed E-state index contributed by atoms with van der Waals surface area (Å²) in [6, 6.07) is 8.38. The molecule has 1 saturated heterocycles. The van der Waals surface area contributed by atoms with Crippen molar-refractivity contribution in [2.45, 2.75) is 75.4 Å². The SMILES string of the molecule is C[C@H](O[Si](C)(C)C(C)(C)C)[C@@H]1C(=O)N2C(C(=O)O)=C(SC3CCc4ccccc43)S[C@H]12. The normalized spacial score (nSPS) is 26.6. The van der Waals surface area contributed by atoms with Crippen molar-refractivity contribution in [3.63, 3.8) is 0 Å². The number of carbonyl (C=O) groups is 2. The summed E-state index contributed by atoms with van der Waals surface area (Å²) in [6.07, 6.45) is 1.78. The van der Waals surface area contributed by atoms with E-state index in [0.717, 1.165) is 17.1 Å². The van der Waals surface area contributed by atoms with Crippen molar-refractivity contribution in [1.82, 2.24) is 4.90 Å². The molecule has 2 aliphatic heterocycles. The Morgan fingerprint density at radius 3 is 2.65 bits per heavy atom. The van der Waals surface area contributed by atoms with E-state index in [1.165, 1.54) is 27.8 Å². The molecule has 1 aliphatic carbocycles. The largest absolute Gasteiger partial charge is 0.477 e. The second-order valence-electron chi connectivity index (χ2n) is 10.1. The van der Waals surface area contributed by atoms with Gasteiger partial charge in [-0.1, -0.05) is 56.8 Å². The lowest BCUT2D eigenvalue weighted by molar-refractivity contribution is -0.156. The number of carboxylic acids is 1. The Morgan fingerprint density at radius 2 is 2.00 bits per heavy atom. The van der Waals surface area contributed by atoms with Crippen LogP contribution in [0.4, 0.5) is 0 Å². The zero-order valence-electron chi connectivity index (χ0n) is 19.0. The number of amides is 1. The summed E-state index contributed by atoms with van der Waals surface area (Å²) in [7, 11) is -2.03. The third-order valence-corrected chi connectivity index (χ3v) is 14.6. The minimum atomic E-state index is -2.03. The number of aliphatic carboxylic acids is 1. The fourth-order valence-electron chi connectivity index (χ4n) is 4.30. The van der Waals surface area contributed by atoms with E-state index < -0.39 is 14.3 Å². The van der Waals surface area contributed by atoms with Crippen molar-refractivity contribution in [1.29, 1.82) is 0 Å². The van der Waals surface area contributed by atoms with Crippen LogP contribution in [0.1, 0.15) is 50.5 Å². The quantitative estimate of drug-likeness (QED) is 0.425. The molecule has 3 aliphatic rings. The first kappa shape index (κ1) is 23.0. The van der Waals surface area contributed by atoms with Crippen LogP contribution < -0.4 is 0 Å². The highest BCUT2D eigenvalue weighted by Crippen LogP contribution is 2.58. The molecule has 1 aromatic rings. The minimum absolute atomic E-state index is 0.0535. The highest BCUT2D eigenvalue weighted by molar-refractivity contribution is 8.22. The molecule has 31 heavy (non-hydrogen) atoms. The molecule has 0 radical (unpaired) electrons. The van der Waals surface area contributed by atoms with Gasteiger partial charge in [0.25, 0.3) is 0 Å². The molecule has 2 heterocycles. The van der Waals surface area contributed by atoms with E-state index in [2.05, 4.69) is 52.1 Å². The van der Waals surface area contributed by atoms with Crippen molar-refractivity contribution in [2.24, 2.45) is 5.92 Å². The number of aryl methyl sites for hydroxylation is 1. The van der Waals surface area contributed by atoms with Gasteiger partial charge < -0.3 is 9.53 Å². The van der Waals surface area contributed by atoms with E-state index in [1.54, 1.807) is 11.8 Å². The second kappa shape index (κ2) is 7.97. The van der Waals surface area contributed by atoms with Crippen molar-refractivity contribution >= 4 is 43.7 Å². The van der Waals surface area contributed by atoms with Gasteiger partial charge in [-0.05, 0) is 49.0 Å². The molecule has 0 aromatic heterocycles. The second-order valence-corrected chi connectivity index (χ2v) is 17.5. The van der Waals surface area contributed by atoms with Crippen LogP contribution >= 0.6 is 23.5 Å². The topological polar surface area (TPSA) is 66.8 Å². The van der Waals surface area contributed by atoms with Gasteiger partial charge in [-0.15, -0.1) is 11.8 Å². The van der Waals surface area contributed by atoms with E-state index in [0.29, 0.717) is 0 Å². The van der Waals surface area contributed by atoms with Gasteiger partial charge in [0.2, 0.25) is 5.91 Å². The predicted octanol–water partition coefficient (Wildman–Crippen LogP) is 5.60. The summed E-state index contributed by atoms with van der Waals surface area (Å²) in [5, 5.41) is 10.0. The van der Waals surface area contributed by atoms with E-state index in [4.69, 9.17) is 4.43 Å². The first-order chi connectivity index (χ1) is 14.4. The third kappa shape index (κ3) is 3.90. The number of fused-ring (bicyclic) bond motifs is 2. The van der Waals surface area contributed by atoms with Gasteiger partial charge in [-0.3, -0.25) is 9.69 Å². The number of carbonyl (C=O) groups excluding carboxylic acids is 1. The molecule has 0 saturated carbocycles. The van der Waals surface area contributed by atoms with Gasteiger partial charge in [0.05, 0.1) is 16.3 Å². The molecule has 1 amide bonds. The monoisotopic (exact) mass is 477 g/mol. The van der Waals surface area contributed by atoms with E-state index in [1.807, 2.05) is 13.0 Å². The Balaban J connectivity index is 1.52. The molecule has 1 unspecified atom stereocenters. The Kier molecular flexibility index (Phi) is 5.90. The van der Waals surface area contributed by atoms with Crippen LogP contribution in [0.25, 0.3) is 0 Å². The average Bonchev–Trinajstić information content (AvgIpc) is 3.20. The number of carboxylic acid groups (broad SMARTS) is 1. The van der Waals surface area contributed by atoms with Crippen LogP contribution in [0, 0.1) is 5.92 Å². The van der Waals surface area contributed by atoms with Gasteiger partial charge in [0, 0.05) is 5.25 Å². The van der Waals surface area contributed by atoms with E-state index in [-0.39, 0.29) is 39.3 Å². The number of nitrogens with zero attached hydrogens (tertiary/aromatic N) is 1. The van der Waals surface area contributed by atoms with Crippen LogP contribution in [-0.4, -0.2) is 41.7 Å². The Bertz CT molecular complexity index is 955. The Labute approximate surface area is 194 Å². The molecule has 4 rings (SSSR count). The Morgan fingerprint density at radius 1 is 1.32 bits per heavy atom. The van der Waals surface area contributed by atoms with Crippen LogP contribution in [0.3, 0.4) is 0 Å². The lowest BCUT2D eigenvalue weighted by Gasteiger charge is -2.48. The zero-order valence-corrected chi connectivity index (χ0v) is 21.6. The smallest absolute Gasteiger partial charge is 0.354 e. The maximum Gasteiger partial charge on any atom is 0.354 e. The fourth-order valence-corrected chi connectivity index (χ4v) is 9.06. The zero-order chi connectivity index (χ0) is 22.7. The third-order valence-electron chi connectivity index (χ3n) is 7.07. The molecule has 1 fully saturated rings. The van der Waals surface area contributed by atoms with Crippen LogP contribution in [0.5, 0.6) is 0 Å². The van der Waals surface area contributed by atoms with Crippen LogP contribution in [0.2, 0.25) is 18.1 Å². The number of hydrogen-bond acceptors (Lipinski definition) is 5. The molecular weight excluding hydrogens is 446 g/mol. The lowest BCUT2D eigenvalue weighted by Crippen LogP contribution is -2.62. The highest BCUT2D eigenvalue weighted by atomic mass is 32.2. The first-order valence-corrected chi connectivity index (χ1v) is 15.5. The molecular formula is C23H31NO4S2Si. The molecule has 4 atom stereocenters. The van der Waals surface area contributed by atoms with Gasteiger partial charge in [0.15, 0.2) is 14.0 Å². The molecule has 0 spiro atoms. The van der Waals surface area contributed by atoms with Crippen molar-refractivity contribution < 1.29 is 19.1 Å². The Hall–Kier alpha value is -1.22. The molecule has 1 aromatic carbocycles. The summed E-state index contributed by atoms with van der Waals surface area (Å²) in [4.78, 5) is 26.7. The standard InChI is InChI=1S/C23H31NO4S2Si/c1-13(28-31(5,6)23(2,3)4)17-19(25)24-18(21(26)27)22(30-20(17)24)29-16-12-11-14-9-7-8-10-15(14)16/h7-10,13,16-17,20H,11-12H2,1-6H3,(H,26,27)/t13-,16?,17+,20+/m0/s1. The van der Waals surface area contributed by atoms with E-state index >= 15 is 0 Å². The number of β-lactam (4-membered cyclic amide) rings is 1. The molecule has 0 bridgehead atoms. The minimum Gasteiger partial charge on any atom is -0.477 e. The van der Waals surface area contributed by atoms with Gasteiger partial charge in [0.1, 0.15) is 5.37 Å². The summed E-state index contributed by atoms with van der Waals surface area (Å²) < 4.78 is 7.26. The summed E-state index contributed by atoms with van der Waals surface area (Å²) >= 11 is 3.14. The average molecular weight is 478 g/mol. The molecule has 5 nitrogen and oxygen atoms in total. The fraction of sp³-hybridized carbons (Fsp3) is 0.565. The number of rotatable bonds is 6. The van der Waals surface area contributed by atoms with E-state index in [9.17, 15) is 14.7 Å². The maximum absolute atomic E-state index is 13.1. The van der Waals surface area contributed by atoms with Crippen molar-refractivity contribution in [3.8, 4) is 0 Å². The van der Waals surface area contributed by atoms with Crippen molar-refractivity contribution in [2.75, 3.05) is 0 Å². The van der Waals surface area contributed by atoms with Gasteiger partial charge in [-0.2, -0.15) is 0 Å². The highest BCUT2D eigenvalue weighted by Gasteiger charge is 2.59. The molecule has 168 valence electrons.